The van der Waals surface area contributed by atoms with Crippen LogP contribution in [-0.2, 0) is 6.61 Å². The molecule has 45 heavy (non-hydrogen) atoms. The van der Waals surface area contributed by atoms with Crippen molar-refractivity contribution in [3.05, 3.63) is 123 Å². The summed E-state index contributed by atoms with van der Waals surface area (Å²) in [5.41, 5.74) is 3.34. The number of rotatable bonds is 9. The van der Waals surface area contributed by atoms with Crippen molar-refractivity contribution >= 4 is 66.3 Å². The maximum atomic E-state index is 13.8. The predicted molar refractivity (Wildman–Crippen MR) is 184 cm³/mol. The van der Waals surface area contributed by atoms with E-state index in [0.29, 0.717) is 27.9 Å². The molecule has 0 radical (unpaired) electrons. The molecule has 0 spiro atoms. The molecule has 1 aromatic heterocycles. The van der Waals surface area contributed by atoms with Crippen LogP contribution in [0.3, 0.4) is 0 Å². The van der Waals surface area contributed by atoms with Gasteiger partial charge in [0.05, 0.1) is 34.2 Å². The maximum Gasteiger partial charge on any atom is 0.313 e. The molecule has 0 bridgehead atoms. The van der Waals surface area contributed by atoms with Crippen molar-refractivity contribution in [3.63, 3.8) is 0 Å². The van der Waals surface area contributed by atoms with Crippen molar-refractivity contribution in [2.24, 2.45) is 5.10 Å². The van der Waals surface area contributed by atoms with E-state index in [0.717, 1.165) is 31.4 Å². The van der Waals surface area contributed by atoms with Gasteiger partial charge >= 0.3 is 5.69 Å². The Labute approximate surface area is 280 Å². The van der Waals surface area contributed by atoms with Crippen molar-refractivity contribution in [1.82, 2.24) is 9.66 Å². The summed E-state index contributed by atoms with van der Waals surface area (Å²) in [6.45, 7) is 6.06. The third kappa shape index (κ3) is 6.80. The first kappa shape index (κ1) is 32.3. The standard InChI is InChI=1S/C33H27Br2ClN4O5/c1-18(2)24-15-25(19(3)11-30(24)44-4)32-38-28-8-6-5-7-23(28)33(41)39(32)37-16-20-12-27(36)31(29(13-20)40(42)43)45-17-21-9-10-22(34)14-26(21)35/h5-16,18H,17H2,1-4H3. The summed E-state index contributed by atoms with van der Waals surface area (Å²) in [4.78, 5) is 30.1. The van der Waals surface area contributed by atoms with Gasteiger partial charge in [0, 0.05) is 31.7 Å². The summed E-state index contributed by atoms with van der Waals surface area (Å²) in [6, 6.07) is 19.2. The minimum atomic E-state index is -0.571. The van der Waals surface area contributed by atoms with Gasteiger partial charge in [0.25, 0.3) is 5.56 Å². The van der Waals surface area contributed by atoms with E-state index in [2.05, 4.69) is 50.8 Å². The van der Waals surface area contributed by atoms with Crippen LogP contribution in [0.4, 0.5) is 5.69 Å². The second-order valence-corrected chi connectivity index (χ2v) is 12.7. The van der Waals surface area contributed by atoms with Gasteiger partial charge in [0.1, 0.15) is 12.4 Å². The van der Waals surface area contributed by atoms with Gasteiger partial charge in [-0.05, 0) is 66.4 Å². The number of aromatic nitrogens is 2. The largest absolute Gasteiger partial charge is 0.496 e. The first-order valence-electron chi connectivity index (χ1n) is 13.8. The molecule has 0 saturated carbocycles. The number of ether oxygens (including phenoxy) is 2. The molecule has 5 rings (SSSR count). The molecule has 230 valence electrons. The second-order valence-electron chi connectivity index (χ2n) is 10.5. The number of halogens is 3. The number of nitrogens with zero attached hydrogens (tertiary/aromatic N) is 4. The lowest BCUT2D eigenvalue weighted by molar-refractivity contribution is -0.385. The van der Waals surface area contributed by atoms with Crippen LogP contribution < -0.4 is 15.0 Å². The quantitative estimate of drug-likeness (QED) is 0.0844. The second kappa shape index (κ2) is 13.5. The minimum Gasteiger partial charge on any atom is -0.496 e. The van der Waals surface area contributed by atoms with E-state index in [-0.39, 0.29) is 29.0 Å². The molecule has 5 aromatic rings. The Kier molecular flexibility index (Phi) is 9.71. The molecule has 0 amide bonds. The number of para-hydroxylation sites is 1. The predicted octanol–water partition coefficient (Wildman–Crippen LogP) is 9.05. The van der Waals surface area contributed by atoms with Gasteiger partial charge in [-0.2, -0.15) is 9.78 Å². The van der Waals surface area contributed by atoms with Crippen molar-refractivity contribution in [1.29, 1.82) is 0 Å². The molecule has 9 nitrogen and oxygen atoms in total. The zero-order valence-corrected chi connectivity index (χ0v) is 28.6. The minimum absolute atomic E-state index is 0.0238. The number of methoxy groups -OCH3 is 1. The fraction of sp³-hybridized carbons (Fsp3) is 0.182. The molecule has 0 aliphatic heterocycles. The van der Waals surface area contributed by atoms with Gasteiger partial charge in [0.15, 0.2) is 5.82 Å². The molecule has 0 aliphatic carbocycles. The monoisotopic (exact) mass is 752 g/mol. The fourth-order valence-corrected chi connectivity index (χ4v) is 6.28. The van der Waals surface area contributed by atoms with Crippen molar-refractivity contribution in [2.75, 3.05) is 7.11 Å². The van der Waals surface area contributed by atoms with Gasteiger partial charge in [-0.15, -0.1) is 0 Å². The van der Waals surface area contributed by atoms with Crippen LogP contribution in [0, 0.1) is 17.0 Å². The fourth-order valence-electron chi connectivity index (χ4n) is 4.84. The molecule has 0 atom stereocenters. The van der Waals surface area contributed by atoms with Crippen LogP contribution in [0.2, 0.25) is 5.02 Å². The number of hydrogen-bond donors (Lipinski definition) is 0. The van der Waals surface area contributed by atoms with Crippen molar-refractivity contribution < 1.29 is 14.4 Å². The number of benzene rings is 4. The Hall–Kier alpha value is -4.06. The molecule has 1 heterocycles. The summed E-state index contributed by atoms with van der Waals surface area (Å²) in [5.74, 6) is 1.12. The third-order valence-corrected chi connectivity index (χ3v) is 8.66. The van der Waals surface area contributed by atoms with Crippen LogP contribution >= 0.6 is 43.5 Å². The Morgan fingerprint density at radius 3 is 2.56 bits per heavy atom. The highest BCUT2D eigenvalue weighted by Gasteiger charge is 2.22. The Morgan fingerprint density at radius 1 is 1.11 bits per heavy atom. The molecule has 0 saturated heterocycles. The number of nitro benzene ring substituents is 1. The normalized spacial score (nSPS) is 11.5. The molecule has 0 fully saturated rings. The molecule has 4 aromatic carbocycles. The van der Waals surface area contributed by atoms with E-state index in [1.165, 1.54) is 23.0 Å². The number of hydrogen-bond acceptors (Lipinski definition) is 7. The zero-order valence-electron chi connectivity index (χ0n) is 24.7. The Morgan fingerprint density at radius 2 is 1.87 bits per heavy atom. The average molecular weight is 755 g/mol. The van der Waals surface area contributed by atoms with E-state index in [9.17, 15) is 14.9 Å². The number of fused-ring (bicyclic) bond motifs is 1. The highest BCUT2D eigenvalue weighted by molar-refractivity contribution is 9.11. The smallest absolute Gasteiger partial charge is 0.313 e. The van der Waals surface area contributed by atoms with Gasteiger partial charge in [-0.1, -0.05) is 75.5 Å². The summed E-state index contributed by atoms with van der Waals surface area (Å²) in [5, 5.41) is 17.0. The first-order valence-corrected chi connectivity index (χ1v) is 15.7. The zero-order chi connectivity index (χ0) is 32.4. The van der Waals surface area contributed by atoms with Gasteiger partial charge < -0.3 is 9.47 Å². The lowest BCUT2D eigenvalue weighted by Crippen LogP contribution is -2.20. The lowest BCUT2D eigenvalue weighted by Gasteiger charge is -2.17. The summed E-state index contributed by atoms with van der Waals surface area (Å²) in [7, 11) is 1.62. The first-order chi connectivity index (χ1) is 21.5. The van der Waals surface area contributed by atoms with Crippen LogP contribution in [0.5, 0.6) is 11.5 Å². The number of nitro groups is 1. The molecular weight excluding hydrogens is 728 g/mol. The van der Waals surface area contributed by atoms with E-state index in [4.69, 9.17) is 26.1 Å². The molecule has 12 heteroatoms. The lowest BCUT2D eigenvalue weighted by atomic mass is 9.96. The highest BCUT2D eigenvalue weighted by atomic mass is 79.9. The van der Waals surface area contributed by atoms with E-state index < -0.39 is 10.5 Å². The SMILES string of the molecule is COc1cc(C)c(-c2nc3ccccc3c(=O)n2N=Cc2cc(Cl)c(OCc3ccc(Br)cc3Br)c([N+](=O)[O-])c2)cc1C(C)C. The van der Waals surface area contributed by atoms with Crippen LogP contribution in [0.1, 0.15) is 42.0 Å². The van der Waals surface area contributed by atoms with Gasteiger partial charge in [-0.25, -0.2) is 4.98 Å². The van der Waals surface area contributed by atoms with E-state index >= 15 is 0 Å². The Balaban J connectivity index is 1.61. The average Bonchev–Trinajstić information content (AvgIpc) is 3.00. The van der Waals surface area contributed by atoms with Crippen molar-refractivity contribution in [3.8, 4) is 22.9 Å². The Bertz CT molecular complexity index is 2050. The topological polar surface area (TPSA) is 109 Å². The highest BCUT2D eigenvalue weighted by Crippen LogP contribution is 2.37. The summed E-state index contributed by atoms with van der Waals surface area (Å²) in [6.07, 6.45) is 1.34. The van der Waals surface area contributed by atoms with Crippen LogP contribution in [-0.4, -0.2) is 27.9 Å². The van der Waals surface area contributed by atoms with Gasteiger partial charge in [-0.3, -0.25) is 14.9 Å². The van der Waals surface area contributed by atoms with Crippen molar-refractivity contribution in [2.45, 2.75) is 33.3 Å². The van der Waals surface area contributed by atoms with Gasteiger partial charge in [0.2, 0.25) is 5.75 Å². The number of aryl methyl sites for hydroxylation is 1. The van der Waals surface area contributed by atoms with E-state index in [1.54, 1.807) is 25.3 Å². The molecule has 0 N–H and O–H groups in total. The maximum absolute atomic E-state index is 13.8. The van der Waals surface area contributed by atoms with Crippen LogP contribution in [0.25, 0.3) is 22.3 Å². The summed E-state index contributed by atoms with van der Waals surface area (Å²) >= 11 is 13.4. The molecule has 0 unspecified atom stereocenters. The van der Waals surface area contributed by atoms with Crippen LogP contribution in [0.15, 0.2) is 85.6 Å². The molecular formula is C33H27Br2ClN4O5. The molecule has 0 aliphatic rings. The summed E-state index contributed by atoms with van der Waals surface area (Å²) < 4.78 is 14.3. The third-order valence-electron chi connectivity index (χ3n) is 7.15. The van der Waals surface area contributed by atoms with E-state index in [1.807, 2.05) is 43.3 Å².